The van der Waals surface area contributed by atoms with Gasteiger partial charge in [0, 0.05) is 11.9 Å². The molecular formula is C12H16N2. The van der Waals surface area contributed by atoms with Gasteiger partial charge in [0.25, 0.3) is 0 Å². The van der Waals surface area contributed by atoms with Gasteiger partial charge in [0.2, 0.25) is 0 Å². The first-order valence-corrected chi connectivity index (χ1v) is 5.19. The molecule has 2 rings (SSSR count). The predicted octanol–water partition coefficient (Wildman–Crippen LogP) is 3.18. The highest BCUT2D eigenvalue weighted by Crippen LogP contribution is 2.24. The van der Waals surface area contributed by atoms with Crippen LogP contribution < -0.4 is 0 Å². The summed E-state index contributed by atoms with van der Waals surface area (Å²) in [5, 5.41) is 5.92. The van der Waals surface area contributed by atoms with E-state index in [1.165, 1.54) is 16.6 Å². The van der Waals surface area contributed by atoms with Crippen LogP contribution in [0.1, 0.15) is 32.4 Å². The summed E-state index contributed by atoms with van der Waals surface area (Å²) in [6.07, 6.45) is 0. The molecule has 0 atom stereocenters. The van der Waals surface area contributed by atoms with Crippen LogP contribution >= 0.6 is 0 Å². The molecule has 74 valence electrons. The lowest BCUT2D eigenvalue weighted by Crippen LogP contribution is -1.97. The van der Waals surface area contributed by atoms with Crippen molar-refractivity contribution in [3.63, 3.8) is 0 Å². The van der Waals surface area contributed by atoms with Crippen LogP contribution in [-0.4, -0.2) is 9.78 Å². The first-order valence-electron chi connectivity index (χ1n) is 5.19. The summed E-state index contributed by atoms with van der Waals surface area (Å²) in [6.45, 7) is 7.44. The lowest BCUT2D eigenvalue weighted by atomic mass is 10.1. The summed E-state index contributed by atoms with van der Waals surface area (Å²) in [5.74, 6) is 0.493. The number of fused-ring (bicyclic) bond motifs is 1. The minimum atomic E-state index is 0.493. The normalized spacial score (nSPS) is 11.4. The second kappa shape index (κ2) is 3.45. The molecular weight excluding hydrogens is 172 g/mol. The van der Waals surface area contributed by atoms with Crippen molar-refractivity contribution in [3.05, 3.63) is 30.0 Å². The molecule has 0 aliphatic rings. The molecule has 0 spiro atoms. The molecule has 0 aliphatic carbocycles. The average Bonchev–Trinajstić information content (AvgIpc) is 2.56. The second-order valence-electron chi connectivity index (χ2n) is 3.87. The molecule has 0 fully saturated rings. The molecule has 1 aromatic heterocycles. The number of nitrogens with zero attached hydrogens (tertiary/aromatic N) is 2. The van der Waals surface area contributed by atoms with Gasteiger partial charge in [-0.3, -0.25) is 4.68 Å². The van der Waals surface area contributed by atoms with Crippen LogP contribution in [0.15, 0.2) is 24.3 Å². The summed E-state index contributed by atoms with van der Waals surface area (Å²) in [7, 11) is 0. The molecule has 2 heteroatoms. The summed E-state index contributed by atoms with van der Waals surface area (Å²) in [5.41, 5.74) is 2.46. The minimum absolute atomic E-state index is 0.493. The molecule has 0 aliphatic heterocycles. The first kappa shape index (κ1) is 9.25. The van der Waals surface area contributed by atoms with Crippen LogP contribution in [0.2, 0.25) is 0 Å². The summed E-state index contributed by atoms with van der Waals surface area (Å²) in [6, 6.07) is 8.44. The van der Waals surface area contributed by atoms with E-state index in [4.69, 9.17) is 0 Å². The number of aromatic nitrogens is 2. The summed E-state index contributed by atoms with van der Waals surface area (Å²) >= 11 is 0. The van der Waals surface area contributed by atoms with E-state index in [0.29, 0.717) is 5.92 Å². The van der Waals surface area contributed by atoms with Crippen molar-refractivity contribution in [1.29, 1.82) is 0 Å². The molecule has 0 N–H and O–H groups in total. The maximum atomic E-state index is 4.62. The van der Waals surface area contributed by atoms with Crippen molar-refractivity contribution in [2.45, 2.75) is 33.2 Å². The van der Waals surface area contributed by atoms with Crippen molar-refractivity contribution in [2.24, 2.45) is 0 Å². The van der Waals surface area contributed by atoms with Crippen molar-refractivity contribution in [1.82, 2.24) is 9.78 Å². The molecule has 0 unspecified atom stereocenters. The molecule has 0 saturated heterocycles. The van der Waals surface area contributed by atoms with E-state index in [-0.39, 0.29) is 0 Å². The van der Waals surface area contributed by atoms with E-state index in [0.717, 1.165) is 6.54 Å². The van der Waals surface area contributed by atoms with Gasteiger partial charge in [0.1, 0.15) is 0 Å². The van der Waals surface area contributed by atoms with E-state index in [1.807, 2.05) is 0 Å². The van der Waals surface area contributed by atoms with Crippen molar-refractivity contribution in [2.75, 3.05) is 0 Å². The Morgan fingerprint density at radius 2 is 2.00 bits per heavy atom. The van der Waals surface area contributed by atoms with Gasteiger partial charge in [-0.05, 0) is 18.9 Å². The highest BCUT2D eigenvalue weighted by atomic mass is 15.3. The van der Waals surface area contributed by atoms with Crippen LogP contribution in [0.5, 0.6) is 0 Å². The van der Waals surface area contributed by atoms with Crippen LogP contribution in [0.3, 0.4) is 0 Å². The number of rotatable bonds is 2. The Labute approximate surface area is 84.5 Å². The summed E-state index contributed by atoms with van der Waals surface area (Å²) in [4.78, 5) is 0. The zero-order chi connectivity index (χ0) is 10.1. The molecule has 1 aromatic carbocycles. The van der Waals surface area contributed by atoms with Crippen LogP contribution in [0.25, 0.3) is 10.9 Å². The molecule has 0 bridgehead atoms. The SMILES string of the molecule is CCn1nc(C(C)C)c2ccccc21. The van der Waals surface area contributed by atoms with Gasteiger partial charge in [0.15, 0.2) is 0 Å². The van der Waals surface area contributed by atoms with Crippen LogP contribution in [0, 0.1) is 0 Å². The Morgan fingerprint density at radius 3 is 2.64 bits per heavy atom. The van der Waals surface area contributed by atoms with Gasteiger partial charge in [-0.1, -0.05) is 32.0 Å². The highest BCUT2D eigenvalue weighted by molar-refractivity contribution is 5.82. The maximum Gasteiger partial charge on any atom is 0.0728 e. The maximum absolute atomic E-state index is 4.62. The van der Waals surface area contributed by atoms with E-state index in [9.17, 15) is 0 Å². The Kier molecular flexibility index (Phi) is 2.28. The van der Waals surface area contributed by atoms with Crippen molar-refractivity contribution < 1.29 is 0 Å². The first-order chi connectivity index (χ1) is 6.74. The van der Waals surface area contributed by atoms with Gasteiger partial charge in [0.05, 0.1) is 11.2 Å². The number of hydrogen-bond donors (Lipinski definition) is 0. The number of benzene rings is 1. The zero-order valence-corrected chi connectivity index (χ0v) is 8.99. The topological polar surface area (TPSA) is 17.8 Å². The molecule has 0 saturated carbocycles. The largest absolute Gasteiger partial charge is 0.265 e. The van der Waals surface area contributed by atoms with Crippen LogP contribution in [0.4, 0.5) is 0 Å². The predicted molar refractivity (Wildman–Crippen MR) is 59.5 cm³/mol. The zero-order valence-electron chi connectivity index (χ0n) is 8.99. The molecule has 0 amide bonds. The Bertz CT molecular complexity index is 441. The van der Waals surface area contributed by atoms with Gasteiger partial charge in [-0.15, -0.1) is 0 Å². The standard InChI is InChI=1S/C12H16N2/c1-4-14-11-8-6-5-7-10(11)12(13-14)9(2)3/h5-9H,4H2,1-3H3. The fourth-order valence-corrected chi connectivity index (χ4v) is 1.82. The average molecular weight is 188 g/mol. The number of aryl methyl sites for hydroxylation is 1. The lowest BCUT2D eigenvalue weighted by Gasteiger charge is -1.98. The van der Waals surface area contributed by atoms with Gasteiger partial charge >= 0.3 is 0 Å². The number of para-hydroxylation sites is 1. The monoisotopic (exact) mass is 188 g/mol. The molecule has 0 radical (unpaired) electrons. The molecule has 2 aromatic rings. The fraction of sp³-hybridized carbons (Fsp3) is 0.417. The second-order valence-corrected chi connectivity index (χ2v) is 3.87. The van der Waals surface area contributed by atoms with E-state index in [2.05, 4.69) is 54.8 Å². The lowest BCUT2D eigenvalue weighted by molar-refractivity contribution is 0.654. The smallest absolute Gasteiger partial charge is 0.0728 e. The van der Waals surface area contributed by atoms with Gasteiger partial charge in [-0.25, -0.2) is 0 Å². The third-order valence-electron chi connectivity index (χ3n) is 2.53. The van der Waals surface area contributed by atoms with Gasteiger partial charge in [-0.2, -0.15) is 5.10 Å². The Hall–Kier alpha value is -1.31. The third kappa shape index (κ3) is 1.31. The van der Waals surface area contributed by atoms with Crippen LogP contribution in [-0.2, 0) is 6.54 Å². The van der Waals surface area contributed by atoms with E-state index in [1.54, 1.807) is 0 Å². The van der Waals surface area contributed by atoms with E-state index >= 15 is 0 Å². The molecule has 2 nitrogen and oxygen atoms in total. The quantitative estimate of drug-likeness (QED) is 0.707. The van der Waals surface area contributed by atoms with Crippen molar-refractivity contribution >= 4 is 10.9 Å². The van der Waals surface area contributed by atoms with E-state index < -0.39 is 0 Å². The number of hydrogen-bond acceptors (Lipinski definition) is 1. The Balaban J connectivity index is 2.73. The van der Waals surface area contributed by atoms with Crippen molar-refractivity contribution in [3.8, 4) is 0 Å². The fourth-order valence-electron chi connectivity index (χ4n) is 1.82. The Morgan fingerprint density at radius 1 is 1.29 bits per heavy atom. The third-order valence-corrected chi connectivity index (χ3v) is 2.53. The molecule has 14 heavy (non-hydrogen) atoms. The highest BCUT2D eigenvalue weighted by Gasteiger charge is 2.11. The molecule has 1 heterocycles. The summed E-state index contributed by atoms with van der Waals surface area (Å²) < 4.78 is 2.07. The van der Waals surface area contributed by atoms with Gasteiger partial charge < -0.3 is 0 Å². The minimum Gasteiger partial charge on any atom is -0.265 e.